The van der Waals surface area contributed by atoms with Crippen LogP contribution in [-0.2, 0) is 20.0 Å². The number of ether oxygens (including phenoxy) is 2. The Kier molecular flexibility index (Phi) is 2.92. The molecule has 0 saturated carbocycles. The van der Waals surface area contributed by atoms with Gasteiger partial charge in [-0.3, -0.25) is 0 Å². The molecule has 0 atom stereocenters. The molecule has 1 aromatic carbocycles. The van der Waals surface area contributed by atoms with E-state index in [0.717, 1.165) is 17.8 Å². The van der Waals surface area contributed by atoms with Gasteiger partial charge in [-0.1, -0.05) is 0 Å². The van der Waals surface area contributed by atoms with Gasteiger partial charge in [-0.05, 0) is 12.1 Å². The van der Waals surface area contributed by atoms with Crippen LogP contribution in [0.5, 0.6) is 11.5 Å². The number of aryl methyl sites for hydroxylation is 1. The molecule has 0 bridgehead atoms. The van der Waals surface area contributed by atoms with Crippen molar-refractivity contribution in [2.45, 2.75) is 13.0 Å². The molecule has 0 aliphatic carbocycles. The fourth-order valence-electron chi connectivity index (χ4n) is 2.77. The lowest BCUT2D eigenvalue weighted by Crippen LogP contribution is -2.39. The summed E-state index contributed by atoms with van der Waals surface area (Å²) in [5, 5.41) is 2.91. The first-order chi connectivity index (χ1) is 10.7. The highest BCUT2D eigenvalue weighted by Crippen LogP contribution is 2.34. The van der Waals surface area contributed by atoms with Gasteiger partial charge in [0.05, 0.1) is 24.3 Å². The zero-order valence-electron chi connectivity index (χ0n) is 12.2. The van der Waals surface area contributed by atoms with E-state index >= 15 is 0 Å². The van der Waals surface area contributed by atoms with Crippen LogP contribution in [0.4, 0.5) is 10.5 Å². The van der Waals surface area contributed by atoms with E-state index in [0.29, 0.717) is 30.3 Å². The third-order valence-corrected chi connectivity index (χ3v) is 4.02. The monoisotopic (exact) mass is 300 g/mol. The summed E-state index contributed by atoms with van der Waals surface area (Å²) in [6.45, 7) is 1.46. The molecule has 0 unspecified atom stereocenters. The van der Waals surface area contributed by atoms with Crippen molar-refractivity contribution in [3.63, 3.8) is 0 Å². The fraction of sp³-hybridized carbons (Fsp3) is 0.333. The van der Waals surface area contributed by atoms with Crippen LogP contribution in [0.15, 0.2) is 24.5 Å². The van der Waals surface area contributed by atoms with Gasteiger partial charge in [0.2, 0.25) is 6.79 Å². The van der Waals surface area contributed by atoms with Gasteiger partial charge in [0.25, 0.3) is 0 Å². The van der Waals surface area contributed by atoms with Crippen molar-refractivity contribution in [2.24, 2.45) is 7.05 Å². The number of nitrogens with zero attached hydrogens (tertiary/aromatic N) is 3. The maximum absolute atomic E-state index is 12.4. The standard InChI is InChI=1S/C15H16N4O3/c1-18-8-16-11-4-5-19(7-12(11)18)15(20)17-10-2-3-13-14(6-10)22-9-21-13/h2-3,6,8H,4-5,7,9H2,1H3,(H,17,20). The number of benzene rings is 1. The molecule has 0 radical (unpaired) electrons. The number of carbonyl (C=O) groups excluding carboxylic acids is 1. The van der Waals surface area contributed by atoms with E-state index in [2.05, 4.69) is 10.3 Å². The number of fused-ring (bicyclic) bond motifs is 2. The van der Waals surface area contributed by atoms with Crippen LogP contribution in [0.3, 0.4) is 0 Å². The molecule has 3 heterocycles. The molecule has 22 heavy (non-hydrogen) atoms. The van der Waals surface area contributed by atoms with Crippen molar-refractivity contribution in [2.75, 3.05) is 18.7 Å². The van der Waals surface area contributed by atoms with Crippen LogP contribution in [0.2, 0.25) is 0 Å². The molecule has 0 spiro atoms. The second-order valence-electron chi connectivity index (χ2n) is 5.42. The van der Waals surface area contributed by atoms with E-state index in [-0.39, 0.29) is 12.8 Å². The van der Waals surface area contributed by atoms with Gasteiger partial charge in [0.1, 0.15) is 0 Å². The van der Waals surface area contributed by atoms with Crippen LogP contribution < -0.4 is 14.8 Å². The lowest BCUT2D eigenvalue weighted by molar-refractivity contribution is 0.174. The second-order valence-corrected chi connectivity index (χ2v) is 5.42. The Morgan fingerprint density at radius 2 is 2.18 bits per heavy atom. The number of anilines is 1. The van der Waals surface area contributed by atoms with Crippen molar-refractivity contribution >= 4 is 11.7 Å². The summed E-state index contributed by atoms with van der Waals surface area (Å²) in [6.07, 6.45) is 2.58. The Balaban J connectivity index is 1.48. The van der Waals surface area contributed by atoms with Crippen LogP contribution in [-0.4, -0.2) is 33.8 Å². The molecule has 7 heteroatoms. The molecule has 0 fully saturated rings. The number of nitrogens with one attached hydrogen (secondary N) is 1. The summed E-state index contributed by atoms with van der Waals surface area (Å²) in [7, 11) is 1.95. The molecule has 0 saturated heterocycles. The van der Waals surface area contributed by atoms with Gasteiger partial charge in [0, 0.05) is 31.8 Å². The van der Waals surface area contributed by atoms with Gasteiger partial charge in [0.15, 0.2) is 11.5 Å². The highest BCUT2D eigenvalue weighted by Gasteiger charge is 2.24. The minimum Gasteiger partial charge on any atom is -0.454 e. The summed E-state index contributed by atoms with van der Waals surface area (Å²) in [5.41, 5.74) is 2.87. The van der Waals surface area contributed by atoms with Gasteiger partial charge < -0.3 is 24.3 Å². The van der Waals surface area contributed by atoms with Crippen LogP contribution >= 0.6 is 0 Å². The Morgan fingerprint density at radius 1 is 1.32 bits per heavy atom. The number of carbonyl (C=O) groups is 1. The van der Waals surface area contributed by atoms with E-state index in [1.54, 1.807) is 23.4 Å². The predicted molar refractivity (Wildman–Crippen MR) is 78.9 cm³/mol. The molecule has 2 aromatic rings. The summed E-state index contributed by atoms with van der Waals surface area (Å²) >= 11 is 0. The molecule has 2 aliphatic heterocycles. The smallest absolute Gasteiger partial charge is 0.322 e. The molecular formula is C15H16N4O3. The average molecular weight is 300 g/mol. The summed E-state index contributed by atoms with van der Waals surface area (Å²) < 4.78 is 12.5. The minimum absolute atomic E-state index is 0.120. The number of amides is 2. The van der Waals surface area contributed by atoms with Crippen LogP contribution in [0, 0.1) is 0 Å². The van der Waals surface area contributed by atoms with Gasteiger partial charge in [-0.2, -0.15) is 0 Å². The summed E-state index contributed by atoms with van der Waals surface area (Å²) in [6, 6.07) is 5.27. The molecule has 7 nitrogen and oxygen atoms in total. The topological polar surface area (TPSA) is 68.6 Å². The SMILES string of the molecule is Cn1cnc2c1CN(C(=O)Nc1ccc3c(c1)OCO3)CC2. The third-order valence-electron chi connectivity index (χ3n) is 4.02. The quantitative estimate of drug-likeness (QED) is 0.871. The van der Waals surface area contributed by atoms with E-state index in [4.69, 9.17) is 9.47 Å². The molecule has 4 rings (SSSR count). The van der Waals surface area contributed by atoms with E-state index in [1.807, 2.05) is 17.7 Å². The Morgan fingerprint density at radius 3 is 3.09 bits per heavy atom. The highest BCUT2D eigenvalue weighted by molar-refractivity contribution is 5.89. The summed E-state index contributed by atoms with van der Waals surface area (Å²) in [5.74, 6) is 1.36. The van der Waals surface area contributed by atoms with Crippen molar-refractivity contribution in [1.82, 2.24) is 14.5 Å². The Hall–Kier alpha value is -2.70. The van der Waals surface area contributed by atoms with Crippen molar-refractivity contribution < 1.29 is 14.3 Å². The van der Waals surface area contributed by atoms with Crippen molar-refractivity contribution in [3.8, 4) is 11.5 Å². The number of hydrogen-bond acceptors (Lipinski definition) is 4. The first-order valence-corrected chi connectivity index (χ1v) is 7.15. The molecule has 1 aromatic heterocycles. The lowest BCUT2D eigenvalue weighted by atomic mass is 10.1. The van der Waals surface area contributed by atoms with Gasteiger partial charge in [-0.15, -0.1) is 0 Å². The average Bonchev–Trinajstić information content (AvgIpc) is 3.13. The maximum atomic E-state index is 12.4. The molecule has 2 aliphatic rings. The minimum atomic E-state index is -0.120. The van der Waals surface area contributed by atoms with E-state index < -0.39 is 0 Å². The second kappa shape index (κ2) is 4.94. The molecular weight excluding hydrogens is 284 g/mol. The number of aromatic nitrogens is 2. The first-order valence-electron chi connectivity index (χ1n) is 7.15. The zero-order chi connectivity index (χ0) is 15.1. The van der Waals surface area contributed by atoms with E-state index in [9.17, 15) is 4.79 Å². The first kappa shape index (κ1) is 13.0. The number of rotatable bonds is 1. The Labute approximate surface area is 127 Å². The predicted octanol–water partition coefficient (Wildman–Crippen LogP) is 1.74. The lowest BCUT2D eigenvalue weighted by Gasteiger charge is -2.27. The van der Waals surface area contributed by atoms with Gasteiger partial charge in [-0.25, -0.2) is 9.78 Å². The van der Waals surface area contributed by atoms with Crippen LogP contribution in [0.1, 0.15) is 11.4 Å². The summed E-state index contributed by atoms with van der Waals surface area (Å²) in [4.78, 5) is 18.6. The number of hydrogen-bond donors (Lipinski definition) is 1. The number of imidazole rings is 1. The largest absolute Gasteiger partial charge is 0.454 e. The van der Waals surface area contributed by atoms with E-state index in [1.165, 1.54) is 0 Å². The maximum Gasteiger partial charge on any atom is 0.322 e. The fourth-order valence-corrected chi connectivity index (χ4v) is 2.77. The number of urea groups is 1. The zero-order valence-corrected chi connectivity index (χ0v) is 12.2. The third kappa shape index (κ3) is 2.14. The van der Waals surface area contributed by atoms with Crippen molar-refractivity contribution in [3.05, 3.63) is 35.9 Å². The highest BCUT2D eigenvalue weighted by atomic mass is 16.7. The normalized spacial score (nSPS) is 15.6. The molecule has 1 N–H and O–H groups in total. The van der Waals surface area contributed by atoms with Crippen LogP contribution in [0.25, 0.3) is 0 Å². The molecule has 114 valence electrons. The molecule has 2 amide bonds. The Bertz CT molecular complexity index is 740. The van der Waals surface area contributed by atoms with Crippen molar-refractivity contribution in [1.29, 1.82) is 0 Å². The van der Waals surface area contributed by atoms with Gasteiger partial charge >= 0.3 is 6.03 Å².